The molecule has 102 valence electrons. The van der Waals surface area contributed by atoms with Crippen LogP contribution in [0.15, 0.2) is 0 Å². The molecule has 4 nitrogen and oxygen atoms in total. The van der Waals surface area contributed by atoms with Gasteiger partial charge in [0.15, 0.2) is 0 Å². The molecule has 0 aliphatic rings. The molecule has 0 spiro atoms. The average molecular weight is 244 g/mol. The van der Waals surface area contributed by atoms with Crippen LogP contribution in [0.25, 0.3) is 0 Å². The molecule has 0 heterocycles. The quantitative estimate of drug-likeness (QED) is 0.575. The summed E-state index contributed by atoms with van der Waals surface area (Å²) in [5.41, 5.74) is 4.76. The van der Waals surface area contributed by atoms with Crippen LogP contribution < -0.4 is 11.1 Å². The van der Waals surface area contributed by atoms with Crippen LogP contribution in [0.1, 0.15) is 46.5 Å². The van der Waals surface area contributed by atoms with Gasteiger partial charge in [0, 0.05) is 13.2 Å². The van der Waals surface area contributed by atoms with E-state index >= 15 is 0 Å². The highest BCUT2D eigenvalue weighted by molar-refractivity contribution is 5.84. The fraction of sp³-hybridized carbons (Fsp3) is 0.923. The number of carbonyl (C=O) groups excluding carboxylic acids is 1. The number of nitrogens with two attached hydrogens (primary N) is 1. The number of unbranched alkanes of at least 4 members (excludes halogenated alkanes) is 1. The predicted molar refractivity (Wildman–Crippen MR) is 70.8 cm³/mol. The number of amides is 1. The van der Waals surface area contributed by atoms with Crippen LogP contribution in [0, 0.1) is 5.92 Å². The smallest absolute Gasteiger partial charge is 0.237 e. The molecule has 17 heavy (non-hydrogen) atoms. The number of ether oxygens (including phenoxy) is 1. The maximum atomic E-state index is 11.2. The van der Waals surface area contributed by atoms with E-state index in [0.717, 1.165) is 38.9 Å². The predicted octanol–water partition coefficient (Wildman–Crippen LogP) is 1.68. The summed E-state index contributed by atoms with van der Waals surface area (Å²) in [6.45, 7) is 7.82. The molecular formula is C13H28N2O2. The second-order valence-corrected chi connectivity index (χ2v) is 5.20. The Kier molecular flexibility index (Phi) is 8.17. The van der Waals surface area contributed by atoms with Crippen molar-refractivity contribution < 1.29 is 9.53 Å². The van der Waals surface area contributed by atoms with E-state index < -0.39 is 5.54 Å². The Morgan fingerprint density at radius 1 is 1.35 bits per heavy atom. The molecule has 0 radical (unpaired) electrons. The van der Waals surface area contributed by atoms with Crippen molar-refractivity contribution >= 4 is 5.91 Å². The van der Waals surface area contributed by atoms with Crippen molar-refractivity contribution in [1.29, 1.82) is 0 Å². The van der Waals surface area contributed by atoms with Crippen molar-refractivity contribution in [1.82, 2.24) is 5.32 Å². The Balaban J connectivity index is 3.53. The van der Waals surface area contributed by atoms with Gasteiger partial charge in [-0.25, -0.2) is 0 Å². The minimum absolute atomic E-state index is 0.291. The average Bonchev–Trinajstić information content (AvgIpc) is 2.26. The van der Waals surface area contributed by atoms with Gasteiger partial charge in [0.1, 0.15) is 0 Å². The van der Waals surface area contributed by atoms with Crippen molar-refractivity contribution in [3.63, 3.8) is 0 Å². The van der Waals surface area contributed by atoms with Gasteiger partial charge in [0.25, 0.3) is 0 Å². The maximum Gasteiger partial charge on any atom is 0.237 e. The summed E-state index contributed by atoms with van der Waals surface area (Å²) in [6.07, 6.45) is 3.78. The number of likely N-dealkylation sites (N-methyl/N-ethyl adjacent to an activating group) is 1. The van der Waals surface area contributed by atoms with Crippen LogP contribution in [-0.2, 0) is 9.53 Å². The molecule has 0 saturated carbocycles. The highest BCUT2D eigenvalue weighted by Gasteiger charge is 2.27. The molecule has 4 heteroatoms. The fourth-order valence-electron chi connectivity index (χ4n) is 1.48. The lowest BCUT2D eigenvalue weighted by Crippen LogP contribution is -2.51. The Hall–Kier alpha value is -0.610. The van der Waals surface area contributed by atoms with Gasteiger partial charge < -0.3 is 15.8 Å². The van der Waals surface area contributed by atoms with E-state index in [-0.39, 0.29) is 5.91 Å². The van der Waals surface area contributed by atoms with Gasteiger partial charge in [-0.05, 0) is 45.6 Å². The van der Waals surface area contributed by atoms with Crippen LogP contribution in [0.3, 0.4) is 0 Å². The van der Waals surface area contributed by atoms with Crippen molar-refractivity contribution in [3.8, 4) is 0 Å². The van der Waals surface area contributed by atoms with Crippen LogP contribution in [0.4, 0.5) is 0 Å². The molecule has 1 amide bonds. The number of primary amides is 1. The van der Waals surface area contributed by atoms with Gasteiger partial charge in [-0.2, -0.15) is 0 Å². The van der Waals surface area contributed by atoms with E-state index in [1.807, 2.05) is 6.92 Å². The molecule has 0 aromatic rings. The summed E-state index contributed by atoms with van der Waals surface area (Å²) in [5.74, 6) is 0.401. The van der Waals surface area contributed by atoms with Gasteiger partial charge in [-0.3, -0.25) is 4.79 Å². The largest absolute Gasteiger partial charge is 0.381 e. The zero-order valence-corrected chi connectivity index (χ0v) is 11.7. The van der Waals surface area contributed by atoms with Gasteiger partial charge in [0.05, 0.1) is 5.54 Å². The van der Waals surface area contributed by atoms with Crippen molar-refractivity contribution in [3.05, 3.63) is 0 Å². The van der Waals surface area contributed by atoms with Gasteiger partial charge >= 0.3 is 0 Å². The minimum Gasteiger partial charge on any atom is -0.381 e. The van der Waals surface area contributed by atoms with Crippen LogP contribution in [0.2, 0.25) is 0 Å². The molecule has 0 aromatic carbocycles. The highest BCUT2D eigenvalue weighted by Crippen LogP contribution is 2.12. The molecule has 0 aliphatic carbocycles. The molecule has 0 aromatic heterocycles. The highest BCUT2D eigenvalue weighted by atomic mass is 16.5. The fourth-order valence-corrected chi connectivity index (χ4v) is 1.48. The van der Waals surface area contributed by atoms with Crippen LogP contribution in [-0.4, -0.2) is 31.7 Å². The third-order valence-electron chi connectivity index (χ3n) is 3.15. The van der Waals surface area contributed by atoms with Gasteiger partial charge in [-0.15, -0.1) is 0 Å². The summed E-state index contributed by atoms with van der Waals surface area (Å²) >= 11 is 0. The molecule has 0 fully saturated rings. The molecule has 1 atom stereocenters. The number of hydrogen-bond donors (Lipinski definition) is 2. The first-order chi connectivity index (χ1) is 7.92. The molecule has 0 aliphatic heterocycles. The first-order valence-electron chi connectivity index (χ1n) is 6.49. The van der Waals surface area contributed by atoms with Gasteiger partial charge in [-0.1, -0.05) is 13.8 Å². The third-order valence-corrected chi connectivity index (χ3v) is 3.15. The summed E-state index contributed by atoms with van der Waals surface area (Å²) < 4.78 is 5.52. The monoisotopic (exact) mass is 244 g/mol. The second kappa shape index (κ2) is 8.48. The van der Waals surface area contributed by atoms with Crippen LogP contribution >= 0.6 is 0 Å². The Bertz CT molecular complexity index is 219. The SMILES string of the molecule is CNC(C)(CCCCOCCC(C)C)C(N)=O. The van der Waals surface area contributed by atoms with E-state index in [4.69, 9.17) is 10.5 Å². The van der Waals surface area contributed by atoms with Gasteiger partial charge in [0.2, 0.25) is 5.91 Å². The van der Waals surface area contributed by atoms with Crippen molar-refractivity contribution in [2.75, 3.05) is 20.3 Å². The van der Waals surface area contributed by atoms with E-state index in [1.165, 1.54) is 0 Å². The van der Waals surface area contributed by atoms with Crippen LogP contribution in [0.5, 0.6) is 0 Å². The standard InChI is InChI=1S/C13H28N2O2/c1-11(2)7-10-17-9-6-5-8-13(3,15-4)12(14)16/h11,15H,5-10H2,1-4H3,(H2,14,16). The van der Waals surface area contributed by atoms with E-state index in [9.17, 15) is 4.79 Å². The summed E-state index contributed by atoms with van der Waals surface area (Å²) in [4.78, 5) is 11.2. The van der Waals surface area contributed by atoms with E-state index in [1.54, 1.807) is 7.05 Å². The maximum absolute atomic E-state index is 11.2. The number of rotatable bonds is 10. The molecule has 0 saturated heterocycles. The first-order valence-corrected chi connectivity index (χ1v) is 6.49. The molecule has 1 unspecified atom stereocenters. The zero-order chi connectivity index (χ0) is 13.3. The molecular weight excluding hydrogens is 216 g/mol. The number of nitrogens with one attached hydrogen (secondary N) is 1. The summed E-state index contributed by atoms with van der Waals surface area (Å²) in [7, 11) is 1.77. The number of hydrogen-bond acceptors (Lipinski definition) is 3. The topological polar surface area (TPSA) is 64.3 Å². The lowest BCUT2D eigenvalue weighted by atomic mass is 9.94. The third kappa shape index (κ3) is 7.34. The Labute approximate surface area is 105 Å². The lowest BCUT2D eigenvalue weighted by molar-refractivity contribution is -0.123. The molecule has 0 rings (SSSR count). The minimum atomic E-state index is -0.585. The molecule has 0 bridgehead atoms. The van der Waals surface area contributed by atoms with Crippen molar-refractivity contribution in [2.45, 2.75) is 52.0 Å². The van der Waals surface area contributed by atoms with E-state index in [0.29, 0.717) is 5.92 Å². The zero-order valence-electron chi connectivity index (χ0n) is 11.7. The Morgan fingerprint density at radius 3 is 2.47 bits per heavy atom. The normalized spacial score (nSPS) is 14.9. The second-order valence-electron chi connectivity index (χ2n) is 5.20. The summed E-state index contributed by atoms with van der Waals surface area (Å²) in [5, 5.41) is 2.98. The lowest BCUT2D eigenvalue weighted by Gasteiger charge is -2.25. The number of carbonyl (C=O) groups is 1. The first kappa shape index (κ1) is 16.4. The summed E-state index contributed by atoms with van der Waals surface area (Å²) in [6, 6.07) is 0. The molecule has 3 N–H and O–H groups in total. The Morgan fingerprint density at radius 2 is 2.00 bits per heavy atom. The van der Waals surface area contributed by atoms with Crippen molar-refractivity contribution in [2.24, 2.45) is 11.7 Å². The van der Waals surface area contributed by atoms with E-state index in [2.05, 4.69) is 19.2 Å².